The Morgan fingerprint density at radius 3 is 2.58 bits per heavy atom. The molecule has 0 saturated carbocycles. The Hall–Kier alpha value is -1.40. The van der Waals surface area contributed by atoms with Gasteiger partial charge in [0.25, 0.3) is 0 Å². The van der Waals surface area contributed by atoms with E-state index in [9.17, 15) is 8.78 Å². The lowest BCUT2D eigenvalue weighted by atomic mass is 10.1. The second-order valence-corrected chi connectivity index (χ2v) is 4.06. The minimum atomic E-state index is -2.88. The first-order chi connectivity index (χ1) is 9.08. The van der Waals surface area contributed by atoms with E-state index in [1.807, 2.05) is 6.92 Å². The molecule has 1 unspecified atom stereocenters. The fraction of sp³-hybridized carbons (Fsp3) is 0.538. The number of methoxy groups -OCH3 is 2. The lowest BCUT2D eigenvalue weighted by Crippen LogP contribution is -2.29. The van der Waals surface area contributed by atoms with E-state index >= 15 is 0 Å². The van der Waals surface area contributed by atoms with Gasteiger partial charge in [-0.05, 0) is 13.0 Å². The average molecular weight is 275 g/mol. The van der Waals surface area contributed by atoms with Crippen molar-refractivity contribution in [1.29, 1.82) is 0 Å². The molecule has 0 aromatic heterocycles. The lowest BCUT2D eigenvalue weighted by molar-refractivity contribution is -0.0519. The largest absolute Gasteiger partial charge is 0.493 e. The van der Waals surface area contributed by atoms with E-state index in [0.717, 1.165) is 0 Å². The second-order valence-electron chi connectivity index (χ2n) is 4.06. The van der Waals surface area contributed by atoms with Gasteiger partial charge in [0.2, 0.25) is 0 Å². The van der Waals surface area contributed by atoms with Gasteiger partial charge in [-0.15, -0.1) is 0 Å². The molecule has 0 aliphatic heterocycles. The summed E-state index contributed by atoms with van der Waals surface area (Å²) in [6.07, 6.45) is 0. The van der Waals surface area contributed by atoms with Crippen molar-refractivity contribution in [3.63, 3.8) is 0 Å². The van der Waals surface area contributed by atoms with Crippen molar-refractivity contribution in [1.82, 2.24) is 5.32 Å². The van der Waals surface area contributed by atoms with E-state index in [-0.39, 0.29) is 11.8 Å². The minimum absolute atomic E-state index is 0.0668. The molecule has 1 rings (SSSR count). The fourth-order valence-electron chi connectivity index (χ4n) is 1.68. The number of hydrogen-bond acceptors (Lipinski definition) is 4. The topological polar surface area (TPSA) is 39.7 Å². The number of rotatable bonds is 8. The zero-order valence-electron chi connectivity index (χ0n) is 11.3. The van der Waals surface area contributed by atoms with E-state index < -0.39 is 6.61 Å². The summed E-state index contributed by atoms with van der Waals surface area (Å²) in [6.45, 7) is -0.0118. The Labute approximate surface area is 111 Å². The second kappa shape index (κ2) is 7.91. The van der Waals surface area contributed by atoms with Crippen LogP contribution in [-0.4, -0.2) is 33.5 Å². The molecular formula is C13H19F2NO3. The molecule has 0 fully saturated rings. The van der Waals surface area contributed by atoms with Crippen LogP contribution in [0.4, 0.5) is 8.78 Å². The third-order valence-corrected chi connectivity index (χ3v) is 2.54. The fourth-order valence-corrected chi connectivity index (χ4v) is 1.68. The first kappa shape index (κ1) is 15.7. The van der Waals surface area contributed by atoms with Gasteiger partial charge < -0.3 is 19.5 Å². The summed E-state index contributed by atoms with van der Waals surface area (Å²) < 4.78 is 39.4. The number of benzene rings is 1. The molecule has 1 aromatic rings. The van der Waals surface area contributed by atoms with Gasteiger partial charge in [-0.3, -0.25) is 0 Å². The monoisotopic (exact) mass is 275 g/mol. The van der Waals surface area contributed by atoms with Crippen LogP contribution in [0.5, 0.6) is 11.5 Å². The van der Waals surface area contributed by atoms with Gasteiger partial charge in [-0.25, -0.2) is 0 Å². The Kier molecular flexibility index (Phi) is 6.52. The van der Waals surface area contributed by atoms with Crippen LogP contribution in [0.2, 0.25) is 0 Å². The van der Waals surface area contributed by atoms with Crippen LogP contribution >= 0.6 is 0 Å². The van der Waals surface area contributed by atoms with Gasteiger partial charge >= 0.3 is 6.61 Å². The van der Waals surface area contributed by atoms with Gasteiger partial charge in [0.05, 0.1) is 13.7 Å². The van der Waals surface area contributed by atoms with E-state index in [4.69, 9.17) is 9.47 Å². The summed E-state index contributed by atoms with van der Waals surface area (Å²) in [6, 6.07) is 5.14. The van der Waals surface area contributed by atoms with Crippen molar-refractivity contribution >= 4 is 0 Å². The van der Waals surface area contributed by atoms with Gasteiger partial charge in [0.15, 0.2) is 11.5 Å². The first-order valence-corrected chi connectivity index (χ1v) is 5.91. The third-order valence-electron chi connectivity index (χ3n) is 2.54. The molecule has 0 radical (unpaired) electrons. The van der Waals surface area contributed by atoms with Crippen molar-refractivity contribution in [2.75, 3.05) is 20.8 Å². The summed E-state index contributed by atoms with van der Waals surface area (Å²) in [5, 5.41) is 3.16. The molecule has 0 aliphatic carbocycles. The normalized spacial score (nSPS) is 12.5. The summed E-state index contributed by atoms with van der Waals surface area (Å²) in [7, 11) is 3.02. The van der Waals surface area contributed by atoms with E-state index in [1.165, 1.54) is 7.11 Å². The van der Waals surface area contributed by atoms with Crippen molar-refractivity contribution in [2.45, 2.75) is 26.1 Å². The molecule has 0 heterocycles. The zero-order valence-corrected chi connectivity index (χ0v) is 11.3. The Morgan fingerprint density at radius 1 is 1.26 bits per heavy atom. The van der Waals surface area contributed by atoms with E-state index in [2.05, 4.69) is 10.1 Å². The summed E-state index contributed by atoms with van der Waals surface area (Å²) in [5.41, 5.74) is 0.614. The van der Waals surface area contributed by atoms with Crippen molar-refractivity contribution < 1.29 is 23.0 Å². The summed E-state index contributed by atoms with van der Waals surface area (Å²) >= 11 is 0. The van der Waals surface area contributed by atoms with Crippen LogP contribution < -0.4 is 14.8 Å². The highest BCUT2D eigenvalue weighted by atomic mass is 19.3. The molecule has 0 amide bonds. The SMILES string of the molecule is COCC(C)NCc1cccc(OC)c1OC(F)F. The molecule has 1 atom stereocenters. The number of halogens is 2. The average Bonchev–Trinajstić information content (AvgIpc) is 2.37. The smallest absolute Gasteiger partial charge is 0.387 e. The molecule has 0 spiro atoms. The highest BCUT2D eigenvalue weighted by Gasteiger charge is 2.15. The predicted octanol–water partition coefficient (Wildman–Crippen LogP) is 2.42. The van der Waals surface area contributed by atoms with Crippen LogP contribution in [0.3, 0.4) is 0 Å². The van der Waals surface area contributed by atoms with Crippen LogP contribution in [0.25, 0.3) is 0 Å². The highest BCUT2D eigenvalue weighted by Crippen LogP contribution is 2.32. The van der Waals surface area contributed by atoms with Gasteiger partial charge in [0.1, 0.15) is 0 Å². The number of para-hydroxylation sites is 1. The van der Waals surface area contributed by atoms with Crippen molar-refractivity contribution in [3.8, 4) is 11.5 Å². The standard InChI is InChI=1S/C13H19F2NO3/c1-9(8-17-2)16-7-10-5-4-6-11(18-3)12(10)19-13(14)15/h4-6,9,13,16H,7-8H2,1-3H3. The van der Waals surface area contributed by atoms with Gasteiger partial charge in [-0.1, -0.05) is 12.1 Å². The maximum Gasteiger partial charge on any atom is 0.387 e. The van der Waals surface area contributed by atoms with Crippen molar-refractivity contribution in [3.05, 3.63) is 23.8 Å². The Morgan fingerprint density at radius 2 is 2.00 bits per heavy atom. The van der Waals surface area contributed by atoms with Crippen molar-refractivity contribution in [2.24, 2.45) is 0 Å². The Bertz CT molecular complexity index is 388. The van der Waals surface area contributed by atoms with Gasteiger partial charge in [0, 0.05) is 25.3 Å². The molecule has 4 nitrogen and oxygen atoms in total. The molecule has 0 aliphatic rings. The van der Waals surface area contributed by atoms with E-state index in [1.54, 1.807) is 25.3 Å². The number of alkyl halides is 2. The zero-order chi connectivity index (χ0) is 14.3. The number of hydrogen-bond donors (Lipinski definition) is 1. The maximum atomic E-state index is 12.4. The molecule has 19 heavy (non-hydrogen) atoms. The molecule has 1 N–H and O–H groups in total. The summed E-state index contributed by atoms with van der Waals surface area (Å²) in [5.74, 6) is 0.358. The number of ether oxygens (including phenoxy) is 3. The van der Waals surface area contributed by atoms with Gasteiger partial charge in [-0.2, -0.15) is 8.78 Å². The summed E-state index contributed by atoms with van der Waals surface area (Å²) in [4.78, 5) is 0. The van der Waals surface area contributed by atoms with Crippen LogP contribution in [0.1, 0.15) is 12.5 Å². The predicted molar refractivity (Wildman–Crippen MR) is 67.8 cm³/mol. The first-order valence-electron chi connectivity index (χ1n) is 5.91. The number of nitrogens with one attached hydrogen (secondary N) is 1. The quantitative estimate of drug-likeness (QED) is 0.791. The minimum Gasteiger partial charge on any atom is -0.493 e. The van der Waals surface area contributed by atoms with E-state index in [0.29, 0.717) is 24.5 Å². The van der Waals surface area contributed by atoms with Crippen LogP contribution in [0.15, 0.2) is 18.2 Å². The molecular weight excluding hydrogens is 256 g/mol. The molecule has 1 aromatic carbocycles. The molecule has 6 heteroatoms. The Balaban J connectivity index is 2.80. The molecule has 0 bridgehead atoms. The third kappa shape index (κ3) is 5.00. The van der Waals surface area contributed by atoms with Crippen LogP contribution in [-0.2, 0) is 11.3 Å². The van der Waals surface area contributed by atoms with Crippen LogP contribution in [0, 0.1) is 0 Å². The molecule has 0 saturated heterocycles. The lowest BCUT2D eigenvalue weighted by Gasteiger charge is -2.17. The maximum absolute atomic E-state index is 12.4. The molecule has 108 valence electrons. The highest BCUT2D eigenvalue weighted by molar-refractivity contribution is 5.46.